The third-order valence-electron chi connectivity index (χ3n) is 2.27. The van der Waals surface area contributed by atoms with E-state index in [2.05, 4.69) is 18.7 Å². The molecular weight excluding hydrogens is 198 g/mol. The number of halogens is 1. The van der Waals surface area contributed by atoms with E-state index in [-0.39, 0.29) is 0 Å². The average molecular weight is 222 g/mol. The highest BCUT2D eigenvalue weighted by Crippen LogP contribution is 2.04. The van der Waals surface area contributed by atoms with Gasteiger partial charge in [-0.1, -0.05) is 13.8 Å². The van der Waals surface area contributed by atoms with Crippen molar-refractivity contribution in [3.63, 3.8) is 0 Å². The lowest BCUT2D eigenvalue weighted by Gasteiger charge is -2.21. The van der Waals surface area contributed by atoms with E-state index >= 15 is 0 Å². The fraction of sp³-hybridized carbons (Fsp3) is 1.00. The molecule has 0 N–H and O–H groups in total. The highest BCUT2D eigenvalue weighted by molar-refractivity contribution is 6.18. The number of rotatable bonds is 9. The third kappa shape index (κ3) is 8.79. The highest BCUT2D eigenvalue weighted by Gasteiger charge is 2.03. The smallest absolute Gasteiger partial charge is 0.0589 e. The summed E-state index contributed by atoms with van der Waals surface area (Å²) in [5.74, 6) is 1.51. The van der Waals surface area contributed by atoms with Gasteiger partial charge in [-0.15, -0.1) is 11.6 Å². The summed E-state index contributed by atoms with van der Waals surface area (Å²) >= 11 is 5.73. The molecule has 2 nitrogen and oxygen atoms in total. The lowest BCUT2D eigenvalue weighted by Crippen LogP contribution is -2.30. The van der Waals surface area contributed by atoms with Crippen LogP contribution in [0, 0.1) is 5.92 Å². The first-order valence-electron chi connectivity index (χ1n) is 5.48. The molecule has 0 fully saturated rings. The van der Waals surface area contributed by atoms with Crippen LogP contribution < -0.4 is 0 Å². The van der Waals surface area contributed by atoms with Gasteiger partial charge < -0.3 is 4.74 Å². The van der Waals surface area contributed by atoms with Gasteiger partial charge in [-0.25, -0.2) is 0 Å². The molecule has 0 aromatic rings. The van der Waals surface area contributed by atoms with Crippen molar-refractivity contribution in [1.29, 1.82) is 0 Å². The topological polar surface area (TPSA) is 12.5 Å². The Hall–Kier alpha value is 0.210. The predicted molar refractivity (Wildman–Crippen MR) is 63.1 cm³/mol. The molecule has 0 amide bonds. The number of hydrogen-bond acceptors (Lipinski definition) is 2. The van der Waals surface area contributed by atoms with Gasteiger partial charge in [0.1, 0.15) is 0 Å². The molecule has 0 aliphatic carbocycles. The summed E-state index contributed by atoms with van der Waals surface area (Å²) in [7, 11) is 1.74. The predicted octanol–water partition coefficient (Wildman–Crippen LogP) is 2.61. The van der Waals surface area contributed by atoms with Crippen LogP contribution in [0.2, 0.25) is 0 Å². The van der Waals surface area contributed by atoms with Gasteiger partial charge in [0.15, 0.2) is 0 Å². The molecule has 0 aliphatic heterocycles. The molecule has 14 heavy (non-hydrogen) atoms. The monoisotopic (exact) mass is 221 g/mol. The molecule has 0 aromatic heterocycles. The Labute approximate surface area is 93.6 Å². The standard InChI is InChI=1S/C11H24ClNO/c1-11(2)5-4-7-13(8-6-12)9-10-14-3/h11H,4-10H2,1-3H3. The molecule has 3 heteroatoms. The molecule has 0 aliphatic rings. The molecule has 86 valence electrons. The van der Waals surface area contributed by atoms with Crippen molar-refractivity contribution in [3.8, 4) is 0 Å². The molecule has 0 spiro atoms. The Morgan fingerprint density at radius 2 is 1.93 bits per heavy atom. The fourth-order valence-corrected chi connectivity index (χ4v) is 1.64. The van der Waals surface area contributed by atoms with Crippen LogP contribution >= 0.6 is 11.6 Å². The maximum atomic E-state index is 5.73. The summed E-state index contributed by atoms with van der Waals surface area (Å²) in [4.78, 5) is 2.37. The minimum atomic E-state index is 0.714. The summed E-state index contributed by atoms with van der Waals surface area (Å²) in [6.07, 6.45) is 2.56. The number of nitrogens with zero attached hydrogens (tertiary/aromatic N) is 1. The second kappa shape index (κ2) is 9.75. The summed E-state index contributed by atoms with van der Waals surface area (Å²) < 4.78 is 5.06. The zero-order valence-electron chi connectivity index (χ0n) is 9.76. The van der Waals surface area contributed by atoms with E-state index in [1.54, 1.807) is 7.11 Å². The Bertz CT molecular complexity index is 120. The van der Waals surface area contributed by atoms with Crippen molar-refractivity contribution < 1.29 is 4.74 Å². The van der Waals surface area contributed by atoms with E-state index in [9.17, 15) is 0 Å². The van der Waals surface area contributed by atoms with Crippen LogP contribution in [0.4, 0.5) is 0 Å². The maximum absolute atomic E-state index is 5.73. The summed E-state index contributed by atoms with van der Waals surface area (Å²) in [6, 6.07) is 0. The average Bonchev–Trinajstić information content (AvgIpc) is 2.13. The van der Waals surface area contributed by atoms with Crippen molar-refractivity contribution in [3.05, 3.63) is 0 Å². The normalized spacial score (nSPS) is 11.6. The minimum Gasteiger partial charge on any atom is -0.383 e. The Morgan fingerprint density at radius 1 is 1.21 bits per heavy atom. The molecule has 0 saturated carbocycles. The second-order valence-electron chi connectivity index (χ2n) is 4.06. The maximum Gasteiger partial charge on any atom is 0.0589 e. The Balaban J connectivity index is 3.50. The van der Waals surface area contributed by atoms with Gasteiger partial charge in [0.25, 0.3) is 0 Å². The van der Waals surface area contributed by atoms with E-state index in [0.717, 1.165) is 32.2 Å². The largest absolute Gasteiger partial charge is 0.383 e. The van der Waals surface area contributed by atoms with Crippen LogP contribution in [0.25, 0.3) is 0 Å². The zero-order valence-corrected chi connectivity index (χ0v) is 10.5. The zero-order chi connectivity index (χ0) is 10.8. The van der Waals surface area contributed by atoms with E-state index < -0.39 is 0 Å². The van der Waals surface area contributed by atoms with Gasteiger partial charge in [0.05, 0.1) is 6.61 Å². The van der Waals surface area contributed by atoms with E-state index in [1.165, 1.54) is 12.8 Å². The van der Waals surface area contributed by atoms with E-state index in [0.29, 0.717) is 5.88 Å². The summed E-state index contributed by atoms with van der Waals surface area (Å²) in [6.45, 7) is 8.46. The molecule has 0 rings (SSSR count). The number of hydrogen-bond donors (Lipinski definition) is 0. The van der Waals surface area contributed by atoms with Crippen molar-refractivity contribution >= 4 is 11.6 Å². The van der Waals surface area contributed by atoms with Crippen molar-refractivity contribution in [1.82, 2.24) is 4.90 Å². The summed E-state index contributed by atoms with van der Waals surface area (Å²) in [5.41, 5.74) is 0. The van der Waals surface area contributed by atoms with Gasteiger partial charge in [0, 0.05) is 26.1 Å². The molecule has 0 aromatic carbocycles. The fourth-order valence-electron chi connectivity index (χ4n) is 1.40. The van der Waals surface area contributed by atoms with E-state index in [1.807, 2.05) is 0 Å². The third-order valence-corrected chi connectivity index (χ3v) is 2.44. The van der Waals surface area contributed by atoms with Crippen molar-refractivity contribution in [2.45, 2.75) is 26.7 Å². The number of alkyl halides is 1. The van der Waals surface area contributed by atoms with Gasteiger partial charge in [0.2, 0.25) is 0 Å². The van der Waals surface area contributed by atoms with Crippen LogP contribution in [-0.4, -0.2) is 44.1 Å². The molecule has 0 atom stereocenters. The number of ether oxygens (including phenoxy) is 1. The molecular formula is C11H24ClNO. The molecule has 0 unspecified atom stereocenters. The second-order valence-corrected chi connectivity index (χ2v) is 4.44. The van der Waals surface area contributed by atoms with Crippen LogP contribution in [-0.2, 0) is 4.74 Å². The minimum absolute atomic E-state index is 0.714. The molecule has 0 bridgehead atoms. The van der Waals surface area contributed by atoms with Crippen LogP contribution in [0.1, 0.15) is 26.7 Å². The lowest BCUT2D eigenvalue weighted by atomic mass is 10.1. The van der Waals surface area contributed by atoms with Crippen LogP contribution in [0.15, 0.2) is 0 Å². The first-order chi connectivity index (χ1) is 6.70. The van der Waals surface area contributed by atoms with Crippen molar-refractivity contribution in [2.24, 2.45) is 5.92 Å². The Kier molecular flexibility index (Phi) is 9.90. The van der Waals surface area contributed by atoms with Crippen LogP contribution in [0.3, 0.4) is 0 Å². The van der Waals surface area contributed by atoms with Crippen LogP contribution in [0.5, 0.6) is 0 Å². The van der Waals surface area contributed by atoms with Gasteiger partial charge in [-0.2, -0.15) is 0 Å². The number of methoxy groups -OCH3 is 1. The quantitative estimate of drug-likeness (QED) is 0.555. The molecule has 0 saturated heterocycles. The highest BCUT2D eigenvalue weighted by atomic mass is 35.5. The van der Waals surface area contributed by atoms with Gasteiger partial charge in [-0.05, 0) is 25.3 Å². The van der Waals surface area contributed by atoms with Gasteiger partial charge >= 0.3 is 0 Å². The SMILES string of the molecule is COCCN(CCCl)CCCC(C)C. The van der Waals surface area contributed by atoms with Gasteiger partial charge in [-0.3, -0.25) is 4.90 Å². The first-order valence-corrected chi connectivity index (χ1v) is 6.01. The van der Waals surface area contributed by atoms with E-state index in [4.69, 9.17) is 16.3 Å². The first kappa shape index (κ1) is 14.2. The lowest BCUT2D eigenvalue weighted by molar-refractivity contribution is 0.149. The Morgan fingerprint density at radius 3 is 2.43 bits per heavy atom. The summed E-state index contributed by atoms with van der Waals surface area (Å²) in [5, 5.41) is 0. The molecule has 0 radical (unpaired) electrons. The van der Waals surface area contributed by atoms with Crippen molar-refractivity contribution in [2.75, 3.05) is 39.2 Å². The molecule has 0 heterocycles.